The lowest BCUT2D eigenvalue weighted by atomic mass is 9.88. The van der Waals surface area contributed by atoms with E-state index in [2.05, 4.69) is 45.1 Å². The number of fused-ring (bicyclic) bond motifs is 2. The van der Waals surface area contributed by atoms with Crippen molar-refractivity contribution in [1.29, 1.82) is 0 Å². The maximum Gasteiger partial charge on any atom is 0.349 e. The molecule has 14 nitrogen and oxygen atoms in total. The number of nitrogens with zero attached hydrogens (tertiary/aromatic N) is 3. The Kier molecular flexibility index (Phi) is 9.05. The van der Waals surface area contributed by atoms with Crippen LogP contribution in [0.15, 0.2) is 60.7 Å². The molecule has 0 saturated carbocycles. The van der Waals surface area contributed by atoms with E-state index in [4.69, 9.17) is 4.74 Å². The first-order valence-electron chi connectivity index (χ1n) is 18.1. The summed E-state index contributed by atoms with van der Waals surface area (Å²) in [5, 5.41) is 21.9. The van der Waals surface area contributed by atoms with Crippen LogP contribution in [0.25, 0.3) is 0 Å². The summed E-state index contributed by atoms with van der Waals surface area (Å²) in [6.07, 6.45) is 2.21. The van der Waals surface area contributed by atoms with Gasteiger partial charge in [0.15, 0.2) is 6.04 Å². The lowest BCUT2D eigenvalue weighted by Crippen LogP contribution is -2.60. The summed E-state index contributed by atoms with van der Waals surface area (Å²) in [6.45, 7) is 1.91. The van der Waals surface area contributed by atoms with Gasteiger partial charge in [0.2, 0.25) is 17.7 Å². The van der Waals surface area contributed by atoms with Crippen LogP contribution in [0.2, 0.25) is 0 Å². The molecule has 3 saturated heterocycles. The molecular weight excluding hydrogens is 680 g/mol. The van der Waals surface area contributed by atoms with Gasteiger partial charge in [-0.1, -0.05) is 48.5 Å². The molecule has 5 heterocycles. The van der Waals surface area contributed by atoms with Crippen molar-refractivity contribution in [2.24, 2.45) is 0 Å². The maximum atomic E-state index is 13.9. The summed E-state index contributed by atoms with van der Waals surface area (Å²) in [7, 11) is 0. The van der Waals surface area contributed by atoms with Crippen LogP contribution < -0.4 is 20.9 Å². The third-order valence-electron chi connectivity index (χ3n) is 11.3. The summed E-state index contributed by atoms with van der Waals surface area (Å²) in [6, 6.07) is 17.5. The number of hydrogen-bond acceptors (Lipinski definition) is 10. The van der Waals surface area contributed by atoms with Gasteiger partial charge in [0, 0.05) is 50.1 Å². The number of quaternary nitrogens is 1. The van der Waals surface area contributed by atoms with Crippen LogP contribution >= 0.6 is 0 Å². The van der Waals surface area contributed by atoms with Crippen molar-refractivity contribution < 1.29 is 38.2 Å². The van der Waals surface area contributed by atoms with E-state index in [0.717, 1.165) is 29.7 Å². The highest BCUT2D eigenvalue weighted by Crippen LogP contribution is 2.41. The van der Waals surface area contributed by atoms with Crippen LogP contribution in [0.5, 0.6) is 0 Å². The lowest BCUT2D eigenvalue weighted by molar-refractivity contribution is -0.825. The number of piperidine rings is 3. The molecule has 8 rings (SSSR count). The van der Waals surface area contributed by atoms with Crippen LogP contribution in [0.1, 0.15) is 87.4 Å². The molecule has 3 unspecified atom stereocenters. The Morgan fingerprint density at radius 2 is 1.49 bits per heavy atom. The molecule has 3 atom stereocenters. The molecule has 0 bridgehead atoms. The summed E-state index contributed by atoms with van der Waals surface area (Å²) >= 11 is 0. The average Bonchev–Trinajstić information content (AvgIpc) is 3.30. The van der Waals surface area contributed by atoms with Gasteiger partial charge < -0.3 is 25.1 Å². The smallest absolute Gasteiger partial charge is 0.349 e. The fourth-order valence-corrected chi connectivity index (χ4v) is 8.42. The highest BCUT2D eigenvalue weighted by molar-refractivity contribution is 6.06. The number of nitrogens with one attached hydrogen (secondary N) is 3. The van der Waals surface area contributed by atoms with Crippen LogP contribution in [0.3, 0.4) is 0 Å². The minimum Gasteiger partial charge on any atom is -0.624 e. The van der Waals surface area contributed by atoms with E-state index in [-0.39, 0.29) is 57.4 Å². The van der Waals surface area contributed by atoms with Crippen molar-refractivity contribution in [3.05, 3.63) is 99.3 Å². The molecule has 5 aliphatic heterocycles. The third kappa shape index (κ3) is 6.36. The minimum absolute atomic E-state index is 0.0405. The summed E-state index contributed by atoms with van der Waals surface area (Å²) < 4.78 is 4.48. The molecule has 3 aromatic carbocycles. The Hall–Kier alpha value is -5.44. The molecule has 53 heavy (non-hydrogen) atoms. The number of anilines is 2. The van der Waals surface area contributed by atoms with Crippen LogP contribution in [0.4, 0.5) is 11.4 Å². The van der Waals surface area contributed by atoms with Crippen molar-refractivity contribution >= 4 is 46.8 Å². The van der Waals surface area contributed by atoms with Gasteiger partial charge in [-0.25, -0.2) is 4.79 Å². The molecule has 0 radical (unpaired) electrons. The van der Waals surface area contributed by atoms with Gasteiger partial charge in [-0.05, 0) is 54.0 Å². The van der Waals surface area contributed by atoms with Gasteiger partial charge in [0.1, 0.15) is 24.9 Å². The number of carbonyl (C=O) groups excluding carboxylic acids is 6. The van der Waals surface area contributed by atoms with Crippen molar-refractivity contribution in [2.75, 3.05) is 30.0 Å². The number of imide groups is 2. The Balaban J connectivity index is 0.904. The topological polar surface area (TPSA) is 177 Å². The van der Waals surface area contributed by atoms with E-state index in [0.29, 0.717) is 47.9 Å². The molecule has 3 fully saturated rings. The van der Waals surface area contributed by atoms with Crippen molar-refractivity contribution in [1.82, 2.24) is 15.5 Å². The van der Waals surface area contributed by atoms with Crippen LogP contribution in [-0.2, 0) is 43.6 Å². The molecule has 14 heteroatoms. The predicted octanol–water partition coefficient (Wildman–Crippen LogP) is 3.19. The number of hydrogen-bond donors (Lipinski definition) is 3. The first-order valence-corrected chi connectivity index (χ1v) is 18.1. The number of carbonyl (C=O) groups is 6. The highest BCUT2D eigenvalue weighted by Gasteiger charge is 2.50. The largest absolute Gasteiger partial charge is 0.624 e. The molecule has 5 aliphatic rings. The highest BCUT2D eigenvalue weighted by atomic mass is 16.6. The zero-order valence-electron chi connectivity index (χ0n) is 29.1. The minimum atomic E-state index is -1.29. The number of hydroxylamine groups is 3. The fourth-order valence-electron chi connectivity index (χ4n) is 8.42. The SMILES string of the molecule is O=C1CCC(N2COCc3cccc(NCc4ccc(C5CCN(c6cccc7c6C(=O)[N+]([O-])(C6CCC(=O)NC6=O)C7)CC5)cc4)c3C2=O)C(=O)N1. The van der Waals surface area contributed by atoms with Crippen molar-refractivity contribution in [3.63, 3.8) is 0 Å². The first-order chi connectivity index (χ1) is 25.6. The van der Waals surface area contributed by atoms with Gasteiger partial charge in [0.25, 0.3) is 11.8 Å². The molecular formula is C39H40N6O8. The van der Waals surface area contributed by atoms with Crippen molar-refractivity contribution in [3.8, 4) is 0 Å². The van der Waals surface area contributed by atoms with Crippen LogP contribution in [-0.4, -0.2) is 76.9 Å². The second-order valence-corrected chi connectivity index (χ2v) is 14.5. The van der Waals surface area contributed by atoms with E-state index in [1.54, 1.807) is 6.07 Å². The fraction of sp³-hybridized carbons (Fsp3) is 0.385. The van der Waals surface area contributed by atoms with Gasteiger partial charge in [-0.3, -0.25) is 39.3 Å². The average molecular weight is 721 g/mol. The summed E-state index contributed by atoms with van der Waals surface area (Å²) in [5.74, 6) is -2.57. The Morgan fingerprint density at radius 3 is 2.23 bits per heavy atom. The van der Waals surface area contributed by atoms with E-state index in [9.17, 15) is 34.0 Å². The van der Waals surface area contributed by atoms with E-state index < -0.39 is 40.4 Å². The van der Waals surface area contributed by atoms with Gasteiger partial charge in [0.05, 0.1) is 17.9 Å². The standard InChI is InChI=1S/C39H40N6O8/c46-32-13-11-30(36(48)41-32)44-22-53-21-27-4-1-5-28(34(27)38(44)50)40-19-23-7-9-24(10-8-23)25-15-17-43(18-16-25)29-6-2-3-26-20-45(52,39(51)35(26)29)31-12-14-33(47)42-37(31)49/h1-10,25,30-31,40H,11-22H2,(H,41,46,48)(H,42,47,49). The molecule has 3 aromatic rings. The maximum absolute atomic E-state index is 13.9. The van der Waals surface area contributed by atoms with E-state index in [1.807, 2.05) is 30.3 Å². The molecule has 0 aromatic heterocycles. The third-order valence-corrected chi connectivity index (χ3v) is 11.3. The number of amides is 6. The predicted molar refractivity (Wildman–Crippen MR) is 191 cm³/mol. The Labute approximate surface area is 305 Å². The van der Waals surface area contributed by atoms with Crippen molar-refractivity contribution in [2.45, 2.75) is 76.2 Å². The summed E-state index contributed by atoms with van der Waals surface area (Å²) in [5.41, 5.74) is 5.79. The van der Waals surface area contributed by atoms with Gasteiger partial charge >= 0.3 is 5.91 Å². The van der Waals surface area contributed by atoms with E-state index >= 15 is 0 Å². The molecule has 3 N–H and O–H groups in total. The Bertz CT molecular complexity index is 2030. The lowest BCUT2D eigenvalue weighted by Gasteiger charge is -2.42. The summed E-state index contributed by atoms with van der Waals surface area (Å²) in [4.78, 5) is 79.6. The monoisotopic (exact) mass is 720 g/mol. The second kappa shape index (κ2) is 13.8. The number of ether oxygens (including phenoxy) is 1. The normalized spacial score (nSPS) is 25.1. The van der Waals surface area contributed by atoms with Crippen LogP contribution in [0, 0.1) is 5.21 Å². The second-order valence-electron chi connectivity index (χ2n) is 14.5. The van der Waals surface area contributed by atoms with Gasteiger partial charge in [-0.15, -0.1) is 0 Å². The first kappa shape index (κ1) is 34.6. The molecule has 274 valence electrons. The van der Waals surface area contributed by atoms with E-state index in [1.165, 1.54) is 10.5 Å². The van der Waals surface area contributed by atoms with Gasteiger partial charge in [-0.2, -0.15) is 0 Å². The Morgan fingerprint density at radius 1 is 0.792 bits per heavy atom. The number of benzene rings is 3. The molecule has 0 spiro atoms. The zero-order chi connectivity index (χ0) is 36.9. The number of rotatable bonds is 7. The molecule has 0 aliphatic carbocycles. The quantitative estimate of drug-likeness (QED) is 0.187. The zero-order valence-corrected chi connectivity index (χ0v) is 29.1. The molecule has 6 amide bonds.